The number of hydrogen-bond donors (Lipinski definition) is 1. The molecule has 0 radical (unpaired) electrons. The van der Waals surface area contributed by atoms with Gasteiger partial charge in [0.05, 0.1) is 25.5 Å². The molecule has 0 aliphatic rings. The maximum absolute atomic E-state index is 12.2. The Morgan fingerprint density at radius 2 is 1.92 bits per heavy atom. The van der Waals surface area contributed by atoms with Gasteiger partial charge in [-0.25, -0.2) is 14.3 Å². The van der Waals surface area contributed by atoms with E-state index in [1.807, 2.05) is 0 Å². The number of hydrogen-bond acceptors (Lipinski definition) is 10. The second kappa shape index (κ2) is 8.07. The summed E-state index contributed by atoms with van der Waals surface area (Å²) in [6.45, 7) is 1.59. The Morgan fingerprint density at radius 3 is 2.48 bits per heavy atom. The largest absolute Gasteiger partial charge is 0.465 e. The Morgan fingerprint density at radius 1 is 1.24 bits per heavy atom. The number of methoxy groups -OCH3 is 2. The van der Waals surface area contributed by atoms with Crippen LogP contribution in [0.5, 0.6) is 0 Å². The van der Waals surface area contributed by atoms with Crippen LogP contribution in [-0.4, -0.2) is 58.0 Å². The van der Waals surface area contributed by atoms with Crippen LogP contribution in [0.15, 0.2) is 5.16 Å². The van der Waals surface area contributed by atoms with Crippen LogP contribution in [0.4, 0.5) is 5.00 Å². The third-order valence-corrected chi connectivity index (χ3v) is 5.27. The molecular weight excluding hydrogens is 370 g/mol. The number of thiophene rings is 1. The minimum atomic E-state index is -0.649. The molecule has 0 aliphatic heterocycles. The summed E-state index contributed by atoms with van der Waals surface area (Å²) in [5.74, 6) is -1.59. The first kappa shape index (κ1) is 18.9. The van der Waals surface area contributed by atoms with E-state index in [-0.39, 0.29) is 27.1 Å². The number of amides is 1. The molecular formula is C13H15N5O5S2. The Balaban J connectivity index is 2.19. The van der Waals surface area contributed by atoms with E-state index in [9.17, 15) is 14.4 Å². The van der Waals surface area contributed by atoms with Gasteiger partial charge in [-0.1, -0.05) is 11.8 Å². The summed E-state index contributed by atoms with van der Waals surface area (Å²) in [6.07, 6.45) is 0. The molecule has 10 nitrogen and oxygen atoms in total. The molecule has 0 fully saturated rings. The molecule has 0 aliphatic carbocycles. The quantitative estimate of drug-likeness (QED) is 0.570. The average Bonchev–Trinajstić information content (AvgIpc) is 3.14. The van der Waals surface area contributed by atoms with Crippen LogP contribution in [0.2, 0.25) is 0 Å². The first-order valence-electron chi connectivity index (χ1n) is 6.84. The summed E-state index contributed by atoms with van der Waals surface area (Å²) in [5.41, 5.74) is 0.524. The number of aryl methyl sites for hydroxylation is 1. The van der Waals surface area contributed by atoms with Crippen molar-refractivity contribution in [2.75, 3.05) is 25.3 Å². The number of esters is 2. The molecule has 2 heterocycles. The van der Waals surface area contributed by atoms with Gasteiger partial charge in [0.15, 0.2) is 0 Å². The number of anilines is 1. The fourth-order valence-corrected chi connectivity index (χ4v) is 3.65. The highest BCUT2D eigenvalue weighted by molar-refractivity contribution is 7.99. The zero-order chi connectivity index (χ0) is 18.6. The Hall–Kier alpha value is -2.47. The first-order chi connectivity index (χ1) is 11.9. The van der Waals surface area contributed by atoms with Crippen LogP contribution in [-0.2, 0) is 21.3 Å². The van der Waals surface area contributed by atoms with E-state index in [4.69, 9.17) is 9.47 Å². The predicted molar refractivity (Wildman–Crippen MR) is 89.9 cm³/mol. The number of aromatic nitrogens is 4. The van der Waals surface area contributed by atoms with Crippen molar-refractivity contribution in [3.05, 3.63) is 16.0 Å². The molecule has 2 aromatic heterocycles. The smallest absolute Gasteiger partial charge is 0.348 e. The van der Waals surface area contributed by atoms with Crippen molar-refractivity contribution >= 4 is 45.9 Å². The van der Waals surface area contributed by atoms with E-state index in [2.05, 4.69) is 20.8 Å². The molecule has 0 atom stereocenters. The summed E-state index contributed by atoms with van der Waals surface area (Å²) in [6, 6.07) is 0. The van der Waals surface area contributed by atoms with E-state index in [0.29, 0.717) is 10.7 Å². The van der Waals surface area contributed by atoms with Gasteiger partial charge >= 0.3 is 11.9 Å². The third kappa shape index (κ3) is 4.14. The molecule has 0 saturated carbocycles. The molecule has 0 bridgehead atoms. The van der Waals surface area contributed by atoms with Crippen molar-refractivity contribution in [3.63, 3.8) is 0 Å². The van der Waals surface area contributed by atoms with E-state index in [1.54, 1.807) is 14.0 Å². The van der Waals surface area contributed by atoms with Crippen LogP contribution in [0.1, 0.15) is 25.6 Å². The zero-order valence-electron chi connectivity index (χ0n) is 13.9. The van der Waals surface area contributed by atoms with E-state index < -0.39 is 11.9 Å². The van der Waals surface area contributed by atoms with Gasteiger partial charge in [-0.05, 0) is 22.9 Å². The number of thioether (sulfide) groups is 1. The molecule has 0 aromatic carbocycles. The second-order valence-corrected chi connectivity index (χ2v) is 6.63. The standard InChI is InChI=1S/C13H15N5O5S2/c1-6-8(11(20)22-3)10(25-9(6)12(21)23-4)14-7(19)5-24-13-15-16-17-18(13)2/h5H2,1-4H3,(H,14,19). The lowest BCUT2D eigenvalue weighted by Gasteiger charge is -2.05. The van der Waals surface area contributed by atoms with Gasteiger partial charge in [0.25, 0.3) is 0 Å². The number of tetrazole rings is 1. The highest BCUT2D eigenvalue weighted by Gasteiger charge is 2.26. The van der Waals surface area contributed by atoms with Crippen LogP contribution in [0.25, 0.3) is 0 Å². The molecule has 25 heavy (non-hydrogen) atoms. The van der Waals surface area contributed by atoms with Crippen molar-refractivity contribution < 1.29 is 23.9 Å². The average molecular weight is 385 g/mol. The molecule has 12 heteroatoms. The minimum absolute atomic E-state index is 0.0271. The van der Waals surface area contributed by atoms with E-state index in [1.165, 1.54) is 18.9 Å². The lowest BCUT2D eigenvalue weighted by molar-refractivity contribution is -0.113. The second-order valence-electron chi connectivity index (χ2n) is 4.67. The summed E-state index contributed by atoms with van der Waals surface area (Å²) in [4.78, 5) is 36.2. The van der Waals surface area contributed by atoms with Crippen molar-refractivity contribution in [2.45, 2.75) is 12.1 Å². The number of carbonyl (C=O) groups is 3. The normalized spacial score (nSPS) is 10.4. The lowest BCUT2D eigenvalue weighted by Crippen LogP contribution is -2.16. The Kier molecular flexibility index (Phi) is 6.09. The summed E-state index contributed by atoms with van der Waals surface area (Å²) in [5, 5.41) is 14.2. The van der Waals surface area contributed by atoms with Gasteiger partial charge in [0.2, 0.25) is 11.1 Å². The van der Waals surface area contributed by atoms with Gasteiger partial charge in [0, 0.05) is 7.05 Å². The van der Waals surface area contributed by atoms with Crippen molar-refractivity contribution in [1.82, 2.24) is 20.2 Å². The molecule has 2 aromatic rings. The van der Waals surface area contributed by atoms with Crippen LogP contribution in [0.3, 0.4) is 0 Å². The summed E-state index contributed by atoms with van der Waals surface area (Å²) >= 11 is 2.09. The van der Waals surface area contributed by atoms with Gasteiger partial charge in [-0.15, -0.1) is 16.4 Å². The topological polar surface area (TPSA) is 125 Å². The van der Waals surface area contributed by atoms with E-state index >= 15 is 0 Å². The highest BCUT2D eigenvalue weighted by atomic mass is 32.2. The van der Waals surface area contributed by atoms with Crippen LogP contribution < -0.4 is 5.32 Å². The van der Waals surface area contributed by atoms with Gasteiger partial charge in [0.1, 0.15) is 9.88 Å². The Labute approximate surface area is 150 Å². The van der Waals surface area contributed by atoms with Crippen molar-refractivity contribution in [1.29, 1.82) is 0 Å². The van der Waals surface area contributed by atoms with Crippen molar-refractivity contribution in [3.8, 4) is 0 Å². The molecule has 0 unspecified atom stereocenters. The highest BCUT2D eigenvalue weighted by Crippen LogP contribution is 2.34. The molecule has 0 spiro atoms. The van der Waals surface area contributed by atoms with Crippen molar-refractivity contribution in [2.24, 2.45) is 7.05 Å². The monoisotopic (exact) mass is 385 g/mol. The summed E-state index contributed by atoms with van der Waals surface area (Å²) < 4.78 is 10.9. The summed E-state index contributed by atoms with van der Waals surface area (Å²) in [7, 11) is 4.11. The molecule has 1 N–H and O–H groups in total. The fourth-order valence-electron chi connectivity index (χ4n) is 1.87. The predicted octanol–water partition coefficient (Wildman–Crippen LogP) is 0.884. The minimum Gasteiger partial charge on any atom is -0.465 e. The number of carbonyl (C=O) groups excluding carboxylic acids is 3. The third-order valence-electron chi connectivity index (χ3n) is 3.07. The zero-order valence-corrected chi connectivity index (χ0v) is 15.5. The Bertz CT molecular complexity index is 816. The number of ether oxygens (including phenoxy) is 2. The SMILES string of the molecule is COC(=O)c1sc(NC(=O)CSc2nnnn2C)c(C(=O)OC)c1C. The molecule has 0 saturated heterocycles. The molecule has 2 rings (SSSR count). The number of rotatable bonds is 6. The molecule has 134 valence electrons. The lowest BCUT2D eigenvalue weighted by atomic mass is 10.1. The maximum Gasteiger partial charge on any atom is 0.348 e. The van der Waals surface area contributed by atoms with Gasteiger partial charge < -0.3 is 14.8 Å². The maximum atomic E-state index is 12.2. The number of nitrogens with one attached hydrogen (secondary N) is 1. The number of nitrogens with zero attached hydrogens (tertiary/aromatic N) is 4. The van der Waals surface area contributed by atoms with Gasteiger partial charge in [-0.3, -0.25) is 4.79 Å². The van der Waals surface area contributed by atoms with Crippen LogP contribution >= 0.6 is 23.1 Å². The van der Waals surface area contributed by atoms with E-state index in [0.717, 1.165) is 23.1 Å². The fraction of sp³-hybridized carbons (Fsp3) is 0.385. The molecule has 1 amide bonds. The van der Waals surface area contributed by atoms with Gasteiger partial charge in [-0.2, -0.15) is 0 Å². The first-order valence-corrected chi connectivity index (χ1v) is 8.64. The van der Waals surface area contributed by atoms with Crippen LogP contribution in [0, 0.1) is 6.92 Å².